The van der Waals surface area contributed by atoms with Gasteiger partial charge in [0.1, 0.15) is 12.6 Å². The van der Waals surface area contributed by atoms with E-state index >= 15 is 0 Å². The second-order valence-corrected chi connectivity index (χ2v) is 8.41. The van der Waals surface area contributed by atoms with Crippen LogP contribution in [0.5, 0.6) is 0 Å². The molecule has 0 spiro atoms. The minimum atomic E-state index is -0.663. The highest BCUT2D eigenvalue weighted by atomic mass is 16.5. The standard InChI is InChI=1S/C23H24N6O2/c1-15-25-10-17(11-26-15)16-5-6-18-19(9-16)29(22(30)23(18,2)3)21-13-24-12-20(27-21)28-7-4-8-31-14-28/h5-6,9-13H,4,7-8,14H2,1-3H3. The molecule has 8 nitrogen and oxygen atoms in total. The lowest BCUT2D eigenvalue weighted by atomic mass is 9.85. The summed E-state index contributed by atoms with van der Waals surface area (Å²) in [5, 5.41) is 0. The first-order valence-corrected chi connectivity index (χ1v) is 10.4. The maximum Gasteiger partial charge on any atom is 0.242 e. The fourth-order valence-corrected chi connectivity index (χ4v) is 4.08. The van der Waals surface area contributed by atoms with Crippen molar-refractivity contribution in [2.75, 3.05) is 29.7 Å². The lowest BCUT2D eigenvalue weighted by Gasteiger charge is -2.28. The highest BCUT2D eigenvalue weighted by molar-refractivity contribution is 6.12. The first-order chi connectivity index (χ1) is 14.9. The van der Waals surface area contributed by atoms with E-state index in [0.717, 1.165) is 47.8 Å². The summed E-state index contributed by atoms with van der Waals surface area (Å²) in [5.41, 5.74) is 2.96. The van der Waals surface area contributed by atoms with E-state index in [0.29, 0.717) is 18.4 Å². The smallest absolute Gasteiger partial charge is 0.242 e. The molecule has 0 aliphatic carbocycles. The van der Waals surface area contributed by atoms with E-state index < -0.39 is 5.41 Å². The van der Waals surface area contributed by atoms with Crippen LogP contribution in [0.1, 0.15) is 31.7 Å². The summed E-state index contributed by atoms with van der Waals surface area (Å²) in [6.45, 7) is 7.82. The van der Waals surface area contributed by atoms with Gasteiger partial charge in [0, 0.05) is 24.5 Å². The van der Waals surface area contributed by atoms with Gasteiger partial charge in [-0.25, -0.2) is 15.0 Å². The van der Waals surface area contributed by atoms with Gasteiger partial charge in [-0.15, -0.1) is 0 Å². The predicted octanol–water partition coefficient (Wildman–Crippen LogP) is 3.38. The Kier molecular flexibility index (Phi) is 4.66. The largest absolute Gasteiger partial charge is 0.361 e. The van der Waals surface area contributed by atoms with Crippen LogP contribution >= 0.6 is 0 Å². The molecule has 1 aromatic carbocycles. The first kappa shape index (κ1) is 19.6. The summed E-state index contributed by atoms with van der Waals surface area (Å²) in [5.74, 6) is 1.91. The molecule has 0 atom stereocenters. The molecule has 0 saturated carbocycles. The molecular formula is C23H24N6O2. The Morgan fingerprint density at radius 2 is 1.81 bits per heavy atom. The zero-order valence-corrected chi connectivity index (χ0v) is 17.9. The summed E-state index contributed by atoms with van der Waals surface area (Å²) >= 11 is 0. The van der Waals surface area contributed by atoms with Gasteiger partial charge >= 0.3 is 0 Å². The van der Waals surface area contributed by atoms with Crippen LogP contribution in [0.25, 0.3) is 11.1 Å². The van der Waals surface area contributed by atoms with Crippen molar-refractivity contribution in [1.29, 1.82) is 0 Å². The highest BCUT2D eigenvalue weighted by Gasteiger charge is 2.45. The van der Waals surface area contributed by atoms with E-state index in [1.54, 1.807) is 29.7 Å². The average Bonchev–Trinajstić information content (AvgIpc) is 3.00. The summed E-state index contributed by atoms with van der Waals surface area (Å²) < 4.78 is 5.55. The van der Waals surface area contributed by atoms with Gasteiger partial charge in [0.15, 0.2) is 11.6 Å². The fraction of sp³-hybridized carbons (Fsp3) is 0.348. The molecule has 0 radical (unpaired) electrons. The number of aromatic nitrogens is 4. The number of rotatable bonds is 3. The van der Waals surface area contributed by atoms with Crippen LogP contribution in [0.2, 0.25) is 0 Å². The van der Waals surface area contributed by atoms with E-state index in [1.165, 1.54) is 0 Å². The normalized spacial score (nSPS) is 17.7. The van der Waals surface area contributed by atoms with E-state index in [2.05, 4.69) is 15.0 Å². The van der Waals surface area contributed by atoms with E-state index in [4.69, 9.17) is 9.72 Å². The minimum Gasteiger partial charge on any atom is -0.361 e. The number of hydrogen-bond acceptors (Lipinski definition) is 7. The Hall–Kier alpha value is -3.39. The van der Waals surface area contributed by atoms with Crippen molar-refractivity contribution in [3.63, 3.8) is 0 Å². The Labute approximate surface area is 180 Å². The van der Waals surface area contributed by atoms with Crippen LogP contribution in [0.15, 0.2) is 43.0 Å². The van der Waals surface area contributed by atoms with Crippen LogP contribution in [-0.2, 0) is 14.9 Å². The van der Waals surface area contributed by atoms with Crippen molar-refractivity contribution < 1.29 is 9.53 Å². The Bertz CT molecular complexity index is 1140. The number of anilines is 3. The quantitative estimate of drug-likeness (QED) is 0.647. The Morgan fingerprint density at radius 1 is 1.03 bits per heavy atom. The highest BCUT2D eigenvalue weighted by Crippen LogP contribution is 2.46. The van der Waals surface area contributed by atoms with Crippen molar-refractivity contribution >= 4 is 23.2 Å². The number of benzene rings is 1. The number of hydrogen-bond donors (Lipinski definition) is 0. The third-order valence-electron chi connectivity index (χ3n) is 5.89. The SMILES string of the molecule is Cc1ncc(-c2ccc3c(c2)N(c2cncc(N4CCCOC4)n2)C(=O)C3(C)C)cn1. The molecule has 1 fully saturated rings. The molecule has 1 amide bonds. The van der Waals surface area contributed by atoms with Crippen molar-refractivity contribution in [2.24, 2.45) is 0 Å². The van der Waals surface area contributed by atoms with Crippen molar-refractivity contribution in [3.8, 4) is 11.1 Å². The number of carbonyl (C=O) groups is 1. The topological polar surface area (TPSA) is 84.3 Å². The number of ether oxygens (including phenoxy) is 1. The van der Waals surface area contributed by atoms with Crippen LogP contribution in [-0.4, -0.2) is 45.7 Å². The summed E-state index contributed by atoms with van der Waals surface area (Å²) in [4.78, 5) is 34.9. The number of nitrogens with zero attached hydrogens (tertiary/aromatic N) is 6. The van der Waals surface area contributed by atoms with E-state index in [1.807, 2.05) is 43.9 Å². The van der Waals surface area contributed by atoms with Gasteiger partial charge in [-0.3, -0.25) is 14.7 Å². The predicted molar refractivity (Wildman–Crippen MR) is 117 cm³/mol. The molecule has 1 saturated heterocycles. The van der Waals surface area contributed by atoms with E-state index in [-0.39, 0.29) is 5.91 Å². The molecule has 4 heterocycles. The van der Waals surface area contributed by atoms with Crippen LogP contribution in [0.3, 0.4) is 0 Å². The minimum absolute atomic E-state index is 0.0267. The molecule has 0 N–H and O–H groups in total. The molecular weight excluding hydrogens is 392 g/mol. The molecule has 0 bridgehead atoms. The van der Waals surface area contributed by atoms with Gasteiger partial charge < -0.3 is 9.64 Å². The zero-order valence-electron chi connectivity index (χ0n) is 17.9. The zero-order chi connectivity index (χ0) is 21.6. The van der Waals surface area contributed by atoms with Gasteiger partial charge in [0.2, 0.25) is 5.91 Å². The molecule has 8 heteroatoms. The van der Waals surface area contributed by atoms with Gasteiger partial charge in [-0.05, 0) is 44.4 Å². The van der Waals surface area contributed by atoms with Crippen molar-refractivity contribution in [1.82, 2.24) is 19.9 Å². The van der Waals surface area contributed by atoms with Gasteiger partial charge in [-0.2, -0.15) is 0 Å². The summed E-state index contributed by atoms with van der Waals surface area (Å²) in [6, 6.07) is 6.03. The molecule has 2 aliphatic rings. The molecule has 3 aromatic rings. The second-order valence-electron chi connectivity index (χ2n) is 8.41. The average molecular weight is 416 g/mol. The fourth-order valence-electron chi connectivity index (χ4n) is 4.08. The Balaban J connectivity index is 1.58. The van der Waals surface area contributed by atoms with Gasteiger partial charge in [0.05, 0.1) is 30.1 Å². The second kappa shape index (κ2) is 7.39. The molecule has 2 aromatic heterocycles. The molecule has 2 aliphatic heterocycles. The molecule has 0 unspecified atom stereocenters. The summed E-state index contributed by atoms with van der Waals surface area (Å²) in [6.07, 6.45) is 7.89. The molecule has 31 heavy (non-hydrogen) atoms. The van der Waals surface area contributed by atoms with Crippen LogP contribution in [0.4, 0.5) is 17.3 Å². The van der Waals surface area contributed by atoms with Crippen molar-refractivity contribution in [3.05, 3.63) is 54.4 Å². The maximum absolute atomic E-state index is 13.5. The third-order valence-corrected chi connectivity index (χ3v) is 5.89. The van der Waals surface area contributed by atoms with E-state index in [9.17, 15) is 4.79 Å². The number of amides is 1. The summed E-state index contributed by atoms with van der Waals surface area (Å²) in [7, 11) is 0. The van der Waals surface area contributed by atoms with Crippen LogP contribution < -0.4 is 9.80 Å². The van der Waals surface area contributed by atoms with Crippen molar-refractivity contribution in [2.45, 2.75) is 32.6 Å². The lowest BCUT2D eigenvalue weighted by molar-refractivity contribution is -0.121. The maximum atomic E-state index is 13.5. The lowest BCUT2D eigenvalue weighted by Crippen LogP contribution is -2.35. The van der Waals surface area contributed by atoms with Gasteiger partial charge in [0.25, 0.3) is 0 Å². The Morgan fingerprint density at radius 3 is 2.55 bits per heavy atom. The molecule has 5 rings (SSSR count). The monoisotopic (exact) mass is 416 g/mol. The number of aryl methyl sites for hydroxylation is 1. The van der Waals surface area contributed by atoms with Crippen LogP contribution in [0, 0.1) is 6.92 Å². The first-order valence-electron chi connectivity index (χ1n) is 10.4. The molecule has 158 valence electrons. The van der Waals surface area contributed by atoms with Gasteiger partial charge in [-0.1, -0.05) is 12.1 Å². The number of fused-ring (bicyclic) bond motifs is 1. The third kappa shape index (κ3) is 3.33. The number of carbonyl (C=O) groups excluding carboxylic acids is 1.